The number of carbonyl (C=O) groups excluding carboxylic acids is 1. The Morgan fingerprint density at radius 2 is 2.29 bits per heavy atom. The molecule has 3 aromatic rings. The molecule has 4 rings (SSSR count). The predicted molar refractivity (Wildman–Crippen MR) is 77.5 cm³/mol. The van der Waals surface area contributed by atoms with Crippen molar-refractivity contribution in [2.24, 2.45) is 5.73 Å². The van der Waals surface area contributed by atoms with Crippen molar-refractivity contribution in [2.75, 3.05) is 5.43 Å². The summed E-state index contributed by atoms with van der Waals surface area (Å²) < 4.78 is 0.964. The molecule has 0 spiro atoms. The smallest absolute Gasteiger partial charge is 0.315 e. The topological polar surface area (TPSA) is 102 Å². The number of nitrogens with zero attached hydrogens (tertiary/aromatic N) is 5. The number of hydrogen-bond donors (Lipinski definition) is 2. The van der Waals surface area contributed by atoms with Gasteiger partial charge in [-0.05, 0) is 11.4 Å². The summed E-state index contributed by atoms with van der Waals surface area (Å²) in [6, 6.07) is 1.51. The SMILES string of the molecule is NC(=O)N1Cc2cnn(Nc3ncnc4ccsc34)c2C1. The normalized spacial score (nSPS) is 13.6. The molecule has 8 nitrogen and oxygen atoms in total. The van der Waals surface area contributed by atoms with Gasteiger partial charge in [0.15, 0.2) is 5.82 Å². The number of thiophene rings is 1. The second kappa shape index (κ2) is 4.42. The highest BCUT2D eigenvalue weighted by Gasteiger charge is 2.26. The third kappa shape index (κ3) is 1.89. The van der Waals surface area contributed by atoms with E-state index in [1.807, 2.05) is 11.4 Å². The van der Waals surface area contributed by atoms with Gasteiger partial charge in [0.05, 0.1) is 35.2 Å². The summed E-state index contributed by atoms with van der Waals surface area (Å²) in [6.45, 7) is 0.931. The number of carbonyl (C=O) groups is 1. The zero-order chi connectivity index (χ0) is 14.4. The maximum absolute atomic E-state index is 11.3. The molecule has 0 radical (unpaired) electrons. The fourth-order valence-corrected chi connectivity index (χ4v) is 3.16. The van der Waals surface area contributed by atoms with Crippen molar-refractivity contribution in [2.45, 2.75) is 13.1 Å². The number of nitrogens with two attached hydrogens (primary N) is 1. The summed E-state index contributed by atoms with van der Waals surface area (Å²) >= 11 is 1.56. The second-order valence-corrected chi connectivity index (χ2v) is 5.61. The van der Waals surface area contributed by atoms with E-state index in [0.717, 1.165) is 21.5 Å². The first-order valence-electron chi connectivity index (χ1n) is 6.28. The summed E-state index contributed by atoms with van der Waals surface area (Å²) in [7, 11) is 0. The van der Waals surface area contributed by atoms with Crippen LogP contribution in [0.5, 0.6) is 0 Å². The lowest BCUT2D eigenvalue weighted by molar-refractivity contribution is 0.207. The Kier molecular flexibility index (Phi) is 2.54. The summed E-state index contributed by atoms with van der Waals surface area (Å²) in [5.74, 6) is 0.693. The van der Waals surface area contributed by atoms with Crippen molar-refractivity contribution in [3.63, 3.8) is 0 Å². The van der Waals surface area contributed by atoms with Crippen LogP contribution in [0.1, 0.15) is 11.3 Å². The predicted octanol–water partition coefficient (Wildman–Crippen LogP) is 1.16. The number of urea groups is 1. The molecule has 2 amide bonds. The third-order valence-electron chi connectivity index (χ3n) is 3.42. The van der Waals surface area contributed by atoms with E-state index < -0.39 is 6.03 Å². The number of hydrogen-bond acceptors (Lipinski definition) is 6. The van der Waals surface area contributed by atoms with Gasteiger partial charge in [0, 0.05) is 5.56 Å². The highest BCUT2D eigenvalue weighted by atomic mass is 32.1. The van der Waals surface area contributed by atoms with E-state index in [1.165, 1.54) is 6.33 Å². The Labute approximate surface area is 123 Å². The highest BCUT2D eigenvalue weighted by molar-refractivity contribution is 7.17. The van der Waals surface area contributed by atoms with Gasteiger partial charge >= 0.3 is 6.03 Å². The lowest BCUT2D eigenvalue weighted by Gasteiger charge is -2.13. The molecule has 0 saturated heterocycles. The molecule has 0 bridgehead atoms. The zero-order valence-corrected chi connectivity index (χ0v) is 11.7. The van der Waals surface area contributed by atoms with Crippen molar-refractivity contribution in [1.29, 1.82) is 0 Å². The minimum Gasteiger partial charge on any atom is -0.351 e. The van der Waals surface area contributed by atoms with Gasteiger partial charge in [0.2, 0.25) is 0 Å². The molecular weight excluding hydrogens is 290 g/mol. The highest BCUT2D eigenvalue weighted by Crippen LogP contribution is 2.26. The number of primary amides is 1. The molecule has 0 saturated carbocycles. The maximum Gasteiger partial charge on any atom is 0.315 e. The van der Waals surface area contributed by atoms with Gasteiger partial charge in [0.25, 0.3) is 0 Å². The van der Waals surface area contributed by atoms with Gasteiger partial charge in [-0.2, -0.15) is 9.89 Å². The van der Waals surface area contributed by atoms with Crippen LogP contribution in [0.15, 0.2) is 24.0 Å². The van der Waals surface area contributed by atoms with Crippen LogP contribution in [0, 0.1) is 0 Å². The van der Waals surface area contributed by atoms with Gasteiger partial charge in [-0.1, -0.05) is 0 Å². The van der Waals surface area contributed by atoms with Crippen LogP contribution in [0.2, 0.25) is 0 Å². The van der Waals surface area contributed by atoms with E-state index in [-0.39, 0.29) is 0 Å². The van der Waals surface area contributed by atoms with Crippen LogP contribution in [-0.4, -0.2) is 30.8 Å². The molecule has 3 aromatic heterocycles. The fourth-order valence-electron chi connectivity index (χ4n) is 2.37. The number of aromatic nitrogens is 4. The monoisotopic (exact) mass is 301 g/mol. The van der Waals surface area contributed by atoms with E-state index in [2.05, 4.69) is 20.5 Å². The van der Waals surface area contributed by atoms with E-state index >= 15 is 0 Å². The average molecular weight is 301 g/mol. The van der Waals surface area contributed by atoms with E-state index in [4.69, 9.17) is 5.73 Å². The molecule has 9 heteroatoms. The average Bonchev–Trinajstić information content (AvgIpc) is 3.14. The lowest BCUT2D eigenvalue weighted by Crippen LogP contribution is -2.31. The molecule has 0 aromatic carbocycles. The second-order valence-electron chi connectivity index (χ2n) is 4.69. The summed E-state index contributed by atoms with van der Waals surface area (Å²) in [5.41, 5.74) is 11.3. The Morgan fingerprint density at radius 3 is 3.14 bits per heavy atom. The van der Waals surface area contributed by atoms with Crippen LogP contribution in [0.4, 0.5) is 10.6 Å². The Hall–Kier alpha value is -2.68. The van der Waals surface area contributed by atoms with Crippen molar-refractivity contribution < 1.29 is 4.79 Å². The Bertz CT molecular complexity index is 839. The molecule has 21 heavy (non-hydrogen) atoms. The first-order chi connectivity index (χ1) is 10.2. The molecule has 106 valence electrons. The first kappa shape index (κ1) is 12.1. The molecule has 1 aliphatic heterocycles. The molecular formula is C12H11N7OS. The van der Waals surface area contributed by atoms with E-state index in [1.54, 1.807) is 27.2 Å². The van der Waals surface area contributed by atoms with Crippen molar-refractivity contribution in [3.05, 3.63) is 35.2 Å². The van der Waals surface area contributed by atoms with Crippen LogP contribution in [0.3, 0.4) is 0 Å². The minimum atomic E-state index is -0.430. The summed E-state index contributed by atoms with van der Waals surface area (Å²) in [6.07, 6.45) is 3.24. The number of rotatable bonds is 2. The van der Waals surface area contributed by atoms with Crippen molar-refractivity contribution >= 4 is 33.4 Å². The summed E-state index contributed by atoms with van der Waals surface area (Å²) in [5, 5.41) is 6.25. The quantitative estimate of drug-likeness (QED) is 0.739. The van der Waals surface area contributed by atoms with Crippen LogP contribution in [-0.2, 0) is 13.1 Å². The third-order valence-corrected chi connectivity index (χ3v) is 4.33. The van der Waals surface area contributed by atoms with Crippen LogP contribution >= 0.6 is 11.3 Å². The Balaban J connectivity index is 1.68. The van der Waals surface area contributed by atoms with Gasteiger partial charge in [-0.3, -0.25) is 5.43 Å². The van der Waals surface area contributed by atoms with Gasteiger partial charge in [-0.15, -0.1) is 11.3 Å². The standard InChI is InChI=1S/C12H11N7OS/c13-12(20)18-4-7-3-16-19(9(7)5-18)17-11-10-8(1-2-21-10)14-6-15-11/h1-3,6H,4-5H2,(H2,13,20)(H,14,15,17). The van der Waals surface area contributed by atoms with Crippen molar-refractivity contribution in [3.8, 4) is 0 Å². The largest absolute Gasteiger partial charge is 0.351 e. The number of fused-ring (bicyclic) bond motifs is 2. The van der Waals surface area contributed by atoms with Gasteiger partial charge in [0.1, 0.15) is 6.33 Å². The Morgan fingerprint density at radius 1 is 1.38 bits per heavy atom. The molecule has 0 unspecified atom stereocenters. The summed E-state index contributed by atoms with van der Waals surface area (Å²) in [4.78, 5) is 22.9. The first-order valence-corrected chi connectivity index (χ1v) is 7.16. The molecule has 4 heterocycles. The number of nitrogens with one attached hydrogen (secondary N) is 1. The molecule has 0 aliphatic carbocycles. The fraction of sp³-hybridized carbons (Fsp3) is 0.167. The van der Waals surface area contributed by atoms with E-state index in [0.29, 0.717) is 18.9 Å². The molecule has 3 N–H and O–H groups in total. The maximum atomic E-state index is 11.3. The zero-order valence-electron chi connectivity index (χ0n) is 10.9. The van der Waals surface area contributed by atoms with Crippen LogP contribution < -0.4 is 11.2 Å². The molecule has 0 fully saturated rings. The lowest BCUT2D eigenvalue weighted by atomic mass is 10.3. The minimum absolute atomic E-state index is 0.430. The van der Waals surface area contributed by atoms with Crippen LogP contribution in [0.25, 0.3) is 10.2 Å². The number of anilines is 1. The molecule has 1 aliphatic rings. The van der Waals surface area contributed by atoms with Gasteiger partial charge < -0.3 is 10.6 Å². The van der Waals surface area contributed by atoms with Crippen molar-refractivity contribution in [1.82, 2.24) is 24.8 Å². The van der Waals surface area contributed by atoms with E-state index in [9.17, 15) is 4.79 Å². The number of amides is 2. The van der Waals surface area contributed by atoms with Gasteiger partial charge in [-0.25, -0.2) is 14.8 Å². The molecule has 0 atom stereocenters.